The first-order valence-electron chi connectivity index (χ1n) is 3.48. The fraction of sp³-hybridized carbons (Fsp3) is 1.00. The molecular formula is C4H16O6P2S2. The van der Waals surface area contributed by atoms with Gasteiger partial charge in [0.15, 0.2) is 0 Å². The summed E-state index contributed by atoms with van der Waals surface area (Å²) in [5.41, 5.74) is 0. The molecule has 90 valence electrons. The van der Waals surface area contributed by atoms with Crippen LogP contribution in [-0.4, -0.2) is 29.4 Å². The van der Waals surface area contributed by atoms with Crippen LogP contribution in [0.1, 0.15) is 26.7 Å². The number of rotatable bonds is 1. The van der Waals surface area contributed by atoms with E-state index in [1.807, 2.05) is 0 Å². The first kappa shape index (κ1) is 20.5. The molecule has 0 aromatic rings. The molecule has 0 aromatic carbocycles. The van der Waals surface area contributed by atoms with Gasteiger partial charge in [0, 0.05) is 0 Å². The van der Waals surface area contributed by atoms with E-state index in [9.17, 15) is 0 Å². The molecule has 0 atom stereocenters. The van der Waals surface area contributed by atoms with Crippen LogP contribution in [0.5, 0.6) is 0 Å². The Morgan fingerprint density at radius 1 is 0.714 bits per heavy atom. The molecule has 0 aromatic heterocycles. The minimum atomic E-state index is -3.81. The van der Waals surface area contributed by atoms with E-state index in [1.54, 1.807) is 0 Å². The first-order valence-corrected chi connectivity index (χ1v) is 8.80. The molecule has 0 rings (SSSR count). The second-order valence-electron chi connectivity index (χ2n) is 2.03. The first-order chi connectivity index (χ1) is 5.91. The van der Waals surface area contributed by atoms with Crippen molar-refractivity contribution in [2.45, 2.75) is 26.7 Å². The Kier molecular flexibility index (Phi) is 15.5. The third-order valence-corrected chi connectivity index (χ3v) is 0.500. The average molecular weight is 286 g/mol. The van der Waals surface area contributed by atoms with Gasteiger partial charge < -0.3 is 29.4 Å². The van der Waals surface area contributed by atoms with Crippen molar-refractivity contribution >= 4 is 37.1 Å². The van der Waals surface area contributed by atoms with Crippen molar-refractivity contribution in [2.24, 2.45) is 0 Å². The molecule has 0 aliphatic rings. The summed E-state index contributed by atoms with van der Waals surface area (Å²) < 4.78 is 0. The molecule has 0 spiro atoms. The van der Waals surface area contributed by atoms with Crippen molar-refractivity contribution in [1.29, 1.82) is 0 Å². The summed E-state index contributed by atoms with van der Waals surface area (Å²) in [5.74, 6) is 0. The maximum atomic E-state index is 7.56. The van der Waals surface area contributed by atoms with E-state index >= 15 is 0 Å². The van der Waals surface area contributed by atoms with E-state index in [2.05, 4.69) is 37.5 Å². The quantitative estimate of drug-likeness (QED) is 0.378. The van der Waals surface area contributed by atoms with Crippen LogP contribution < -0.4 is 0 Å². The van der Waals surface area contributed by atoms with Crippen LogP contribution in [0.15, 0.2) is 0 Å². The lowest BCUT2D eigenvalue weighted by Gasteiger charge is -1.88. The van der Waals surface area contributed by atoms with Crippen molar-refractivity contribution in [1.82, 2.24) is 0 Å². The Hall–Kier alpha value is 1.06. The van der Waals surface area contributed by atoms with Crippen molar-refractivity contribution in [3.63, 3.8) is 0 Å². The fourth-order valence-corrected chi connectivity index (χ4v) is 0. The number of hydrogen-bond acceptors (Lipinski definition) is 2. The van der Waals surface area contributed by atoms with Crippen molar-refractivity contribution in [3.8, 4) is 0 Å². The zero-order chi connectivity index (χ0) is 12.4. The van der Waals surface area contributed by atoms with Crippen LogP contribution in [0.25, 0.3) is 0 Å². The highest BCUT2D eigenvalue weighted by Gasteiger charge is 1.92. The molecule has 14 heavy (non-hydrogen) atoms. The third kappa shape index (κ3) is 448. The van der Waals surface area contributed by atoms with E-state index in [1.165, 1.54) is 12.8 Å². The van der Waals surface area contributed by atoms with Gasteiger partial charge in [-0.05, 0) is 23.6 Å². The van der Waals surface area contributed by atoms with Gasteiger partial charge in [-0.1, -0.05) is 26.7 Å². The zero-order valence-corrected chi connectivity index (χ0v) is 11.2. The zero-order valence-electron chi connectivity index (χ0n) is 7.81. The minimum Gasteiger partial charge on any atom is -0.325 e. The van der Waals surface area contributed by atoms with Crippen LogP contribution >= 0.6 is 13.4 Å². The van der Waals surface area contributed by atoms with E-state index in [0.29, 0.717) is 0 Å². The number of hydrogen-bond donors (Lipinski definition) is 6. The lowest BCUT2D eigenvalue weighted by molar-refractivity contribution is 0.361. The van der Waals surface area contributed by atoms with E-state index in [-0.39, 0.29) is 0 Å². The summed E-state index contributed by atoms with van der Waals surface area (Å²) in [6, 6.07) is 0. The average Bonchev–Trinajstić information content (AvgIpc) is 1.79. The molecule has 6 N–H and O–H groups in total. The van der Waals surface area contributed by atoms with E-state index < -0.39 is 13.4 Å². The van der Waals surface area contributed by atoms with Crippen LogP contribution in [0.3, 0.4) is 0 Å². The summed E-state index contributed by atoms with van der Waals surface area (Å²) in [7, 11) is 0. The van der Waals surface area contributed by atoms with Gasteiger partial charge in [0.2, 0.25) is 0 Å². The highest BCUT2D eigenvalue weighted by Crippen LogP contribution is 2.26. The SMILES string of the molecule is CCCC.OP(O)(O)=S.OP(O)(O)=S. The van der Waals surface area contributed by atoms with Gasteiger partial charge in [-0.25, -0.2) is 0 Å². The van der Waals surface area contributed by atoms with Gasteiger partial charge in [-0.15, -0.1) is 0 Å². The van der Waals surface area contributed by atoms with Crippen LogP contribution in [0.2, 0.25) is 0 Å². The number of unbranched alkanes of at least 4 members (excludes halogenated alkanes) is 1. The molecule has 0 heterocycles. The van der Waals surface area contributed by atoms with Gasteiger partial charge in [0.1, 0.15) is 0 Å². The molecule has 0 saturated heterocycles. The molecule has 0 fully saturated rings. The fourth-order valence-electron chi connectivity index (χ4n) is 0. The Bertz CT molecular complexity index is 159. The van der Waals surface area contributed by atoms with E-state index in [4.69, 9.17) is 29.4 Å². The molecule has 0 bridgehead atoms. The van der Waals surface area contributed by atoms with Crippen LogP contribution in [-0.2, 0) is 23.6 Å². The summed E-state index contributed by atoms with van der Waals surface area (Å²) in [5, 5.41) is 0. The monoisotopic (exact) mass is 286 g/mol. The molecule has 0 amide bonds. The molecule has 10 heteroatoms. The van der Waals surface area contributed by atoms with Gasteiger partial charge in [-0.3, -0.25) is 0 Å². The Balaban J connectivity index is -0.000000131. The molecule has 6 nitrogen and oxygen atoms in total. The molecule has 0 aliphatic heterocycles. The maximum Gasteiger partial charge on any atom is 0.319 e. The summed E-state index contributed by atoms with van der Waals surface area (Å²) in [6.07, 6.45) is 2.64. The minimum absolute atomic E-state index is 1.32. The third-order valence-electron chi connectivity index (χ3n) is 0.500. The maximum absolute atomic E-state index is 7.56. The lowest BCUT2D eigenvalue weighted by Crippen LogP contribution is -1.65. The Morgan fingerprint density at radius 2 is 0.786 bits per heavy atom. The standard InChI is InChI=1S/C4H10.2H3O3PS/c1-3-4-2;2*1-4(2,3)5/h3-4H2,1-2H3;2*(H3,1,2,3,5). The van der Waals surface area contributed by atoms with Gasteiger partial charge >= 0.3 is 13.4 Å². The molecular weight excluding hydrogens is 270 g/mol. The Morgan fingerprint density at radius 3 is 0.786 bits per heavy atom. The van der Waals surface area contributed by atoms with Crippen molar-refractivity contribution in [2.75, 3.05) is 0 Å². The smallest absolute Gasteiger partial charge is 0.319 e. The summed E-state index contributed by atoms with van der Waals surface area (Å²) >= 11 is 7.21. The topological polar surface area (TPSA) is 121 Å². The van der Waals surface area contributed by atoms with Crippen molar-refractivity contribution in [3.05, 3.63) is 0 Å². The predicted molar refractivity (Wildman–Crippen MR) is 62.5 cm³/mol. The normalized spacial score (nSPS) is 10.6. The van der Waals surface area contributed by atoms with Gasteiger partial charge in [-0.2, -0.15) is 0 Å². The van der Waals surface area contributed by atoms with Crippen LogP contribution in [0, 0.1) is 0 Å². The molecule has 0 radical (unpaired) electrons. The Labute approximate surface area is 93.4 Å². The van der Waals surface area contributed by atoms with Gasteiger partial charge in [0.05, 0.1) is 0 Å². The second kappa shape index (κ2) is 10.6. The summed E-state index contributed by atoms with van der Waals surface area (Å²) in [4.78, 5) is 45.3. The van der Waals surface area contributed by atoms with Crippen LogP contribution in [0.4, 0.5) is 0 Å². The highest BCUT2D eigenvalue weighted by molar-refractivity contribution is 8.06. The van der Waals surface area contributed by atoms with Gasteiger partial charge in [0.25, 0.3) is 0 Å². The highest BCUT2D eigenvalue weighted by atomic mass is 32.5. The summed E-state index contributed by atoms with van der Waals surface area (Å²) in [6.45, 7) is -3.25. The molecule has 0 unspecified atom stereocenters. The largest absolute Gasteiger partial charge is 0.325 e. The van der Waals surface area contributed by atoms with Crippen molar-refractivity contribution < 1.29 is 29.4 Å². The second-order valence-corrected chi connectivity index (χ2v) is 7.02. The lowest BCUT2D eigenvalue weighted by atomic mass is 10.4. The molecule has 0 saturated carbocycles. The van der Waals surface area contributed by atoms with E-state index in [0.717, 1.165) is 0 Å². The predicted octanol–water partition coefficient (Wildman–Crippen LogP) is 0.182. The molecule has 0 aliphatic carbocycles.